The highest BCUT2D eigenvalue weighted by Crippen LogP contribution is 2.23. The van der Waals surface area contributed by atoms with E-state index in [-0.39, 0.29) is 22.0 Å². The largest absolute Gasteiger partial charge is 0.313 e. The van der Waals surface area contributed by atoms with Crippen LogP contribution in [0, 0.1) is 11.3 Å². The molecule has 1 heterocycles. The average molecular weight is 312 g/mol. The normalized spacial score (nSPS) is 15.5. The zero-order valence-electron chi connectivity index (χ0n) is 10.7. The molecule has 0 aliphatic carbocycles. The minimum Gasteiger partial charge on any atom is -0.313 e. The van der Waals surface area contributed by atoms with E-state index in [1.807, 2.05) is 12.1 Å². The highest BCUT2D eigenvalue weighted by molar-refractivity contribution is 7.89. The molecule has 1 aromatic carbocycles. The Morgan fingerprint density at radius 3 is 2.90 bits per heavy atom. The van der Waals surface area contributed by atoms with E-state index in [9.17, 15) is 8.42 Å². The van der Waals surface area contributed by atoms with Gasteiger partial charge in [-0.25, -0.2) is 13.1 Å². The summed E-state index contributed by atoms with van der Waals surface area (Å²) in [5, 5.41) is 12.3. The van der Waals surface area contributed by atoms with Crippen LogP contribution >= 0.6 is 11.6 Å². The number of nitrogens with one attached hydrogen (secondary N) is 2. The van der Waals surface area contributed by atoms with Crippen LogP contribution in [0.1, 0.15) is 12.0 Å². The minimum absolute atomic E-state index is 0.0269. The molecule has 0 saturated carbocycles. The summed E-state index contributed by atoms with van der Waals surface area (Å²) in [4.78, 5) is -0.0814. The Labute approximate surface area is 123 Å². The molecule has 1 aromatic rings. The van der Waals surface area contributed by atoms with Gasteiger partial charge in [0, 0.05) is 13.1 Å². The summed E-state index contributed by atoms with van der Waals surface area (Å²) >= 11 is 5.85. The van der Waals surface area contributed by atoms with Crippen molar-refractivity contribution in [3.63, 3.8) is 0 Å². The van der Waals surface area contributed by atoms with Crippen molar-refractivity contribution < 1.29 is 8.42 Å². The van der Waals surface area contributed by atoms with Crippen molar-refractivity contribution in [2.24, 2.45) is 0 Å². The predicted octanol–water partition coefficient (Wildman–Crippen LogP) is 1.41. The number of nitriles is 1. The lowest BCUT2D eigenvalue weighted by Crippen LogP contribution is -2.30. The van der Waals surface area contributed by atoms with E-state index >= 15 is 0 Å². The number of benzene rings is 1. The fourth-order valence-corrected chi connectivity index (χ4v) is 3.42. The zero-order chi connectivity index (χ0) is 14.6. The van der Waals surface area contributed by atoms with E-state index in [1.165, 1.54) is 18.2 Å². The Bertz CT molecular complexity index is 677. The maximum Gasteiger partial charge on any atom is 0.242 e. The Hall–Kier alpha value is -1.39. The van der Waals surface area contributed by atoms with Crippen molar-refractivity contribution >= 4 is 21.6 Å². The first-order valence-corrected chi connectivity index (χ1v) is 7.97. The molecule has 2 N–H and O–H groups in total. The van der Waals surface area contributed by atoms with Crippen molar-refractivity contribution in [3.05, 3.63) is 40.4 Å². The molecule has 5 nitrogen and oxygen atoms in total. The third-order valence-corrected chi connectivity index (χ3v) is 4.78. The number of hydrogen-bond acceptors (Lipinski definition) is 4. The van der Waals surface area contributed by atoms with Gasteiger partial charge < -0.3 is 5.32 Å². The molecule has 106 valence electrons. The van der Waals surface area contributed by atoms with Gasteiger partial charge in [-0.2, -0.15) is 5.26 Å². The Morgan fingerprint density at radius 2 is 2.25 bits per heavy atom. The molecule has 0 amide bonds. The standard InChI is InChI=1S/C13H14ClN3O2S/c14-12-2-1-3-13(11(12)8-15)20(18,19)17-9-10-4-6-16-7-5-10/h1-4,16-17H,5-7,9H2. The molecule has 2 rings (SSSR count). The van der Waals surface area contributed by atoms with Gasteiger partial charge >= 0.3 is 0 Å². The summed E-state index contributed by atoms with van der Waals surface area (Å²) < 4.78 is 27.0. The quantitative estimate of drug-likeness (QED) is 0.824. The Morgan fingerprint density at radius 1 is 1.45 bits per heavy atom. The van der Waals surface area contributed by atoms with E-state index in [0.29, 0.717) is 0 Å². The van der Waals surface area contributed by atoms with Crippen LogP contribution in [-0.2, 0) is 10.0 Å². The molecule has 20 heavy (non-hydrogen) atoms. The van der Waals surface area contributed by atoms with Gasteiger partial charge in [-0.3, -0.25) is 0 Å². The van der Waals surface area contributed by atoms with Crippen molar-refractivity contribution in [2.45, 2.75) is 11.3 Å². The molecule has 0 fully saturated rings. The number of hydrogen-bond donors (Lipinski definition) is 2. The predicted molar refractivity (Wildman–Crippen MR) is 76.9 cm³/mol. The lowest BCUT2D eigenvalue weighted by atomic mass is 10.1. The molecule has 0 bridgehead atoms. The van der Waals surface area contributed by atoms with Crippen LogP contribution in [0.15, 0.2) is 34.7 Å². The summed E-state index contributed by atoms with van der Waals surface area (Å²) in [5.74, 6) is 0. The summed E-state index contributed by atoms with van der Waals surface area (Å²) in [5.41, 5.74) is 1.01. The molecule has 1 aliphatic heterocycles. The third kappa shape index (κ3) is 3.38. The lowest BCUT2D eigenvalue weighted by molar-refractivity contribution is 0.582. The smallest absolute Gasteiger partial charge is 0.242 e. The van der Waals surface area contributed by atoms with E-state index in [2.05, 4.69) is 10.0 Å². The third-order valence-electron chi connectivity index (χ3n) is 3.02. The molecule has 1 aliphatic rings. The highest BCUT2D eigenvalue weighted by atomic mass is 35.5. The summed E-state index contributed by atoms with van der Waals surface area (Å²) in [6.07, 6.45) is 2.78. The molecule has 0 atom stereocenters. The number of halogens is 1. The summed E-state index contributed by atoms with van der Waals surface area (Å²) in [7, 11) is -3.74. The monoisotopic (exact) mass is 311 g/mol. The van der Waals surface area contributed by atoms with Crippen LogP contribution < -0.4 is 10.0 Å². The molecular formula is C13H14ClN3O2S. The number of sulfonamides is 1. The maximum absolute atomic E-state index is 12.2. The summed E-state index contributed by atoms with van der Waals surface area (Å²) in [6.45, 7) is 1.84. The molecular weight excluding hydrogens is 298 g/mol. The topological polar surface area (TPSA) is 82.0 Å². The van der Waals surface area contributed by atoms with Crippen LogP contribution in [0.5, 0.6) is 0 Å². The fourth-order valence-electron chi connectivity index (χ4n) is 1.93. The lowest BCUT2D eigenvalue weighted by Gasteiger charge is -2.15. The van der Waals surface area contributed by atoms with Gasteiger partial charge in [0.05, 0.1) is 10.6 Å². The van der Waals surface area contributed by atoms with Crippen LogP contribution in [0.4, 0.5) is 0 Å². The minimum atomic E-state index is -3.74. The SMILES string of the molecule is N#Cc1c(Cl)cccc1S(=O)(=O)NCC1=CCNCC1. The van der Waals surface area contributed by atoms with E-state index < -0.39 is 10.0 Å². The van der Waals surface area contributed by atoms with Crippen LogP contribution in [0.25, 0.3) is 0 Å². The molecule has 0 spiro atoms. The van der Waals surface area contributed by atoms with Crippen molar-refractivity contribution in [1.29, 1.82) is 5.26 Å². The molecule has 0 saturated heterocycles. The Kier molecular flexibility index (Phi) is 4.78. The molecule has 7 heteroatoms. The van der Waals surface area contributed by atoms with Gasteiger partial charge in [0.25, 0.3) is 0 Å². The first-order valence-electron chi connectivity index (χ1n) is 6.11. The summed E-state index contributed by atoms with van der Waals surface area (Å²) in [6, 6.07) is 6.22. The van der Waals surface area contributed by atoms with Gasteiger partial charge in [0.15, 0.2) is 0 Å². The van der Waals surface area contributed by atoms with Crippen LogP contribution in [-0.4, -0.2) is 28.1 Å². The van der Waals surface area contributed by atoms with E-state index in [4.69, 9.17) is 16.9 Å². The van der Waals surface area contributed by atoms with Crippen molar-refractivity contribution in [2.75, 3.05) is 19.6 Å². The van der Waals surface area contributed by atoms with Gasteiger partial charge in [-0.05, 0) is 25.1 Å². The van der Waals surface area contributed by atoms with Gasteiger partial charge in [0.1, 0.15) is 11.0 Å². The number of rotatable bonds is 4. The van der Waals surface area contributed by atoms with Gasteiger partial charge in [-0.15, -0.1) is 0 Å². The highest BCUT2D eigenvalue weighted by Gasteiger charge is 2.20. The van der Waals surface area contributed by atoms with Crippen molar-refractivity contribution in [1.82, 2.24) is 10.0 Å². The Balaban J connectivity index is 2.21. The van der Waals surface area contributed by atoms with Crippen LogP contribution in [0.3, 0.4) is 0 Å². The molecule has 0 radical (unpaired) electrons. The van der Waals surface area contributed by atoms with E-state index in [1.54, 1.807) is 0 Å². The van der Waals surface area contributed by atoms with Crippen molar-refractivity contribution in [3.8, 4) is 6.07 Å². The zero-order valence-corrected chi connectivity index (χ0v) is 12.3. The first kappa shape index (κ1) is 15.0. The second-order valence-corrected chi connectivity index (χ2v) is 6.51. The second kappa shape index (κ2) is 6.37. The maximum atomic E-state index is 12.2. The fraction of sp³-hybridized carbons (Fsp3) is 0.308. The second-order valence-electron chi connectivity index (χ2n) is 4.37. The molecule has 0 aromatic heterocycles. The van der Waals surface area contributed by atoms with Crippen LogP contribution in [0.2, 0.25) is 5.02 Å². The first-order chi connectivity index (χ1) is 9.54. The number of nitrogens with zero attached hydrogens (tertiary/aromatic N) is 1. The van der Waals surface area contributed by atoms with Gasteiger partial charge in [0.2, 0.25) is 10.0 Å². The molecule has 0 unspecified atom stereocenters. The van der Waals surface area contributed by atoms with Gasteiger partial charge in [-0.1, -0.05) is 29.3 Å². The average Bonchev–Trinajstić information content (AvgIpc) is 2.46. The van der Waals surface area contributed by atoms with E-state index in [0.717, 1.165) is 25.1 Å².